The number of hydrogen-bond donors (Lipinski definition) is 2. The molecule has 4 heteroatoms. The highest BCUT2D eigenvalue weighted by Gasteiger charge is 2.36. The van der Waals surface area contributed by atoms with Crippen LogP contribution in [-0.2, 0) is 5.60 Å². The Hall–Kier alpha value is -2.46. The van der Waals surface area contributed by atoms with Crippen LogP contribution in [0.2, 0.25) is 0 Å². The fraction of sp³-hybridized carbons (Fsp3) is 0.0625. The zero-order chi connectivity index (χ0) is 14.0. The van der Waals surface area contributed by atoms with E-state index in [0.717, 1.165) is 0 Å². The van der Waals surface area contributed by atoms with Crippen molar-refractivity contribution in [2.75, 3.05) is 0 Å². The molecule has 0 saturated heterocycles. The maximum Gasteiger partial charge on any atom is 0.172 e. The first-order valence-electron chi connectivity index (χ1n) is 6.25. The molecule has 0 radical (unpaired) electrons. The molecule has 0 bridgehead atoms. The summed E-state index contributed by atoms with van der Waals surface area (Å²) in [5.41, 5.74) is -0.208. The summed E-state index contributed by atoms with van der Waals surface area (Å²) in [4.78, 5) is 7.10. The Kier molecular flexibility index (Phi) is 3.08. The summed E-state index contributed by atoms with van der Waals surface area (Å²) in [6.07, 6.45) is 3.22. The average molecular weight is 268 g/mol. The van der Waals surface area contributed by atoms with Crippen LogP contribution in [0, 0.1) is 5.82 Å². The Bertz CT molecular complexity index is 680. The molecule has 20 heavy (non-hydrogen) atoms. The number of halogens is 1. The molecule has 0 aliphatic carbocycles. The Morgan fingerprint density at radius 2 is 1.60 bits per heavy atom. The normalized spacial score (nSPS) is 13.9. The van der Waals surface area contributed by atoms with Crippen molar-refractivity contribution in [3.8, 4) is 0 Å². The second-order valence-corrected chi connectivity index (χ2v) is 4.52. The van der Waals surface area contributed by atoms with E-state index in [4.69, 9.17) is 0 Å². The standard InChI is InChI=1S/C16H13FN2O/c17-14-8-6-13(7-9-14)16(20,15-18-10-11-19-15)12-4-2-1-3-5-12/h1-11,20H,(H,18,19). The van der Waals surface area contributed by atoms with Gasteiger partial charge in [-0.05, 0) is 23.3 Å². The third kappa shape index (κ3) is 2.00. The van der Waals surface area contributed by atoms with Gasteiger partial charge in [-0.1, -0.05) is 42.5 Å². The highest BCUT2D eigenvalue weighted by molar-refractivity contribution is 5.42. The molecule has 2 N–H and O–H groups in total. The van der Waals surface area contributed by atoms with E-state index in [1.807, 2.05) is 30.3 Å². The van der Waals surface area contributed by atoms with Gasteiger partial charge >= 0.3 is 0 Å². The maximum absolute atomic E-state index is 13.1. The van der Waals surface area contributed by atoms with Gasteiger partial charge in [-0.25, -0.2) is 9.37 Å². The van der Waals surface area contributed by atoms with Crippen LogP contribution in [0.3, 0.4) is 0 Å². The zero-order valence-electron chi connectivity index (χ0n) is 10.6. The van der Waals surface area contributed by atoms with Gasteiger partial charge in [0.15, 0.2) is 5.60 Å². The van der Waals surface area contributed by atoms with Crippen LogP contribution in [0.1, 0.15) is 17.0 Å². The van der Waals surface area contributed by atoms with Crippen molar-refractivity contribution in [1.82, 2.24) is 9.97 Å². The van der Waals surface area contributed by atoms with Crippen molar-refractivity contribution < 1.29 is 9.50 Å². The fourth-order valence-electron chi connectivity index (χ4n) is 2.27. The van der Waals surface area contributed by atoms with Gasteiger partial charge < -0.3 is 10.1 Å². The summed E-state index contributed by atoms with van der Waals surface area (Å²) < 4.78 is 13.1. The fourth-order valence-corrected chi connectivity index (χ4v) is 2.27. The van der Waals surface area contributed by atoms with E-state index in [9.17, 15) is 9.50 Å². The molecule has 2 aromatic carbocycles. The molecule has 0 fully saturated rings. The van der Waals surface area contributed by atoms with E-state index in [-0.39, 0.29) is 5.82 Å². The minimum absolute atomic E-state index is 0.344. The molecule has 0 amide bonds. The third-order valence-corrected chi connectivity index (χ3v) is 3.29. The number of nitrogens with one attached hydrogen (secondary N) is 1. The monoisotopic (exact) mass is 268 g/mol. The number of hydrogen-bond acceptors (Lipinski definition) is 2. The number of aliphatic hydroxyl groups is 1. The summed E-state index contributed by atoms with van der Waals surface area (Å²) in [5, 5.41) is 11.2. The Morgan fingerprint density at radius 1 is 0.950 bits per heavy atom. The first kappa shape index (κ1) is 12.6. The Morgan fingerprint density at radius 3 is 2.20 bits per heavy atom. The molecule has 0 spiro atoms. The van der Waals surface area contributed by atoms with E-state index < -0.39 is 5.60 Å². The van der Waals surface area contributed by atoms with Crippen LogP contribution in [0.4, 0.5) is 4.39 Å². The van der Waals surface area contributed by atoms with Crippen LogP contribution >= 0.6 is 0 Å². The largest absolute Gasteiger partial charge is 0.373 e. The highest BCUT2D eigenvalue weighted by Crippen LogP contribution is 2.34. The van der Waals surface area contributed by atoms with Gasteiger partial charge in [0.05, 0.1) is 0 Å². The number of aromatic nitrogens is 2. The topological polar surface area (TPSA) is 48.9 Å². The predicted octanol–water partition coefficient (Wildman–Crippen LogP) is 2.83. The summed E-state index contributed by atoms with van der Waals surface area (Å²) in [6, 6.07) is 14.9. The summed E-state index contributed by atoms with van der Waals surface area (Å²) in [5.74, 6) is 0.0546. The number of H-pyrrole nitrogens is 1. The lowest BCUT2D eigenvalue weighted by Gasteiger charge is -2.27. The summed E-state index contributed by atoms with van der Waals surface area (Å²) in [7, 11) is 0. The van der Waals surface area contributed by atoms with Gasteiger partial charge in [0.25, 0.3) is 0 Å². The molecule has 1 unspecified atom stereocenters. The van der Waals surface area contributed by atoms with E-state index >= 15 is 0 Å². The van der Waals surface area contributed by atoms with E-state index in [0.29, 0.717) is 17.0 Å². The lowest BCUT2D eigenvalue weighted by molar-refractivity contribution is 0.116. The number of imidazole rings is 1. The maximum atomic E-state index is 13.1. The van der Waals surface area contributed by atoms with Crippen molar-refractivity contribution in [2.45, 2.75) is 5.60 Å². The van der Waals surface area contributed by atoms with Gasteiger partial charge in [-0.15, -0.1) is 0 Å². The number of benzene rings is 2. The number of rotatable bonds is 3. The Balaban J connectivity index is 2.21. The molecular formula is C16H13FN2O. The second kappa shape index (κ2) is 4.90. The summed E-state index contributed by atoms with van der Waals surface area (Å²) in [6.45, 7) is 0. The van der Waals surface area contributed by atoms with Gasteiger partial charge in [0, 0.05) is 12.4 Å². The van der Waals surface area contributed by atoms with Crippen molar-refractivity contribution in [2.24, 2.45) is 0 Å². The van der Waals surface area contributed by atoms with Crippen LogP contribution in [0.15, 0.2) is 67.0 Å². The van der Waals surface area contributed by atoms with Gasteiger partial charge in [-0.2, -0.15) is 0 Å². The van der Waals surface area contributed by atoms with Gasteiger partial charge in [0.2, 0.25) is 0 Å². The van der Waals surface area contributed by atoms with Crippen LogP contribution in [0.25, 0.3) is 0 Å². The SMILES string of the molecule is OC(c1ccccc1)(c1ccc(F)cc1)c1ncc[nH]1. The second-order valence-electron chi connectivity index (χ2n) is 4.52. The van der Waals surface area contributed by atoms with Crippen LogP contribution in [-0.4, -0.2) is 15.1 Å². The van der Waals surface area contributed by atoms with Crippen LogP contribution in [0.5, 0.6) is 0 Å². The van der Waals surface area contributed by atoms with Crippen molar-refractivity contribution in [3.63, 3.8) is 0 Å². The molecule has 3 nitrogen and oxygen atoms in total. The van der Waals surface area contributed by atoms with E-state index in [2.05, 4.69) is 9.97 Å². The molecule has 1 atom stereocenters. The highest BCUT2D eigenvalue weighted by atomic mass is 19.1. The lowest BCUT2D eigenvalue weighted by atomic mass is 9.85. The first-order chi connectivity index (χ1) is 9.71. The molecule has 3 aromatic rings. The van der Waals surface area contributed by atoms with E-state index in [1.54, 1.807) is 24.5 Å². The molecule has 1 aromatic heterocycles. The molecule has 0 saturated carbocycles. The quantitative estimate of drug-likeness (QED) is 0.767. The average Bonchev–Trinajstić information content (AvgIpc) is 3.03. The lowest BCUT2D eigenvalue weighted by Crippen LogP contribution is -2.30. The van der Waals surface area contributed by atoms with Gasteiger partial charge in [-0.3, -0.25) is 0 Å². The number of nitrogens with zero attached hydrogens (tertiary/aromatic N) is 1. The van der Waals surface area contributed by atoms with Crippen LogP contribution < -0.4 is 0 Å². The van der Waals surface area contributed by atoms with Crippen molar-refractivity contribution in [1.29, 1.82) is 0 Å². The zero-order valence-corrected chi connectivity index (χ0v) is 10.6. The van der Waals surface area contributed by atoms with Crippen molar-refractivity contribution >= 4 is 0 Å². The molecule has 3 rings (SSSR count). The minimum atomic E-state index is -1.43. The predicted molar refractivity (Wildman–Crippen MR) is 73.5 cm³/mol. The van der Waals surface area contributed by atoms with Gasteiger partial charge in [0.1, 0.15) is 11.6 Å². The number of aromatic amines is 1. The molecule has 0 aliphatic rings. The minimum Gasteiger partial charge on any atom is -0.373 e. The molecule has 100 valence electrons. The smallest absolute Gasteiger partial charge is 0.172 e. The molecule has 0 aliphatic heterocycles. The third-order valence-electron chi connectivity index (χ3n) is 3.29. The molecule has 1 heterocycles. The van der Waals surface area contributed by atoms with Crippen molar-refractivity contribution in [3.05, 3.63) is 89.8 Å². The first-order valence-corrected chi connectivity index (χ1v) is 6.25. The summed E-state index contributed by atoms with van der Waals surface area (Å²) >= 11 is 0. The molecular weight excluding hydrogens is 255 g/mol. The van der Waals surface area contributed by atoms with E-state index in [1.165, 1.54) is 12.1 Å². The Labute approximate surface area is 115 Å².